The maximum absolute atomic E-state index is 11.5. The van der Waals surface area contributed by atoms with Gasteiger partial charge in [0.25, 0.3) is 0 Å². The molecule has 2 N–H and O–H groups in total. The molecule has 0 spiro atoms. The lowest BCUT2D eigenvalue weighted by molar-refractivity contribution is -0.138. The molecule has 4 nitrogen and oxygen atoms in total. The Balaban J connectivity index is 1.35. The highest BCUT2D eigenvalue weighted by molar-refractivity contribution is 7.99. The number of hydrogen-bond acceptors (Lipinski definition) is 4. The largest absolute Gasteiger partial charge is 0.481 e. The lowest BCUT2D eigenvalue weighted by atomic mass is 9.96. The highest BCUT2D eigenvalue weighted by Gasteiger charge is 2.44. The number of fused-ring (bicyclic) bond motifs is 1. The van der Waals surface area contributed by atoms with Gasteiger partial charge < -0.3 is 10.2 Å². The van der Waals surface area contributed by atoms with Crippen molar-refractivity contribution < 1.29 is 15.0 Å². The van der Waals surface area contributed by atoms with E-state index in [1.807, 2.05) is 55.1 Å². The molecule has 4 aromatic rings. The summed E-state index contributed by atoms with van der Waals surface area (Å²) in [6, 6.07) is 26.8. The molecule has 6 heteroatoms. The number of carboxylic acids is 1. The maximum Gasteiger partial charge on any atom is 0.303 e. The summed E-state index contributed by atoms with van der Waals surface area (Å²) < 4.78 is 0. The fourth-order valence-electron chi connectivity index (χ4n) is 5.34. The summed E-state index contributed by atoms with van der Waals surface area (Å²) in [5.74, 6) is 0.145. The van der Waals surface area contributed by atoms with E-state index >= 15 is 0 Å². The van der Waals surface area contributed by atoms with Gasteiger partial charge in [0.05, 0.1) is 23.7 Å². The number of rotatable bonds is 13. The molecule has 0 radical (unpaired) electrons. The predicted molar refractivity (Wildman–Crippen MR) is 171 cm³/mol. The highest BCUT2D eigenvalue weighted by atomic mass is 35.5. The van der Waals surface area contributed by atoms with E-state index in [1.165, 1.54) is 16.7 Å². The average molecular weight is 586 g/mol. The minimum atomic E-state index is -0.705. The van der Waals surface area contributed by atoms with Gasteiger partial charge in [-0.3, -0.25) is 4.79 Å². The van der Waals surface area contributed by atoms with Crippen molar-refractivity contribution in [1.82, 2.24) is 4.98 Å². The molecule has 0 saturated heterocycles. The van der Waals surface area contributed by atoms with Crippen LogP contribution in [0.3, 0.4) is 0 Å². The van der Waals surface area contributed by atoms with Crippen LogP contribution < -0.4 is 0 Å². The van der Waals surface area contributed by atoms with Crippen LogP contribution in [0.15, 0.2) is 78.9 Å². The molecule has 2 unspecified atom stereocenters. The first-order valence-electron chi connectivity index (χ1n) is 14.2. The van der Waals surface area contributed by atoms with Gasteiger partial charge >= 0.3 is 5.97 Å². The van der Waals surface area contributed by atoms with Gasteiger partial charge in [0.1, 0.15) is 0 Å². The molecule has 1 fully saturated rings. The second-order valence-corrected chi connectivity index (χ2v) is 12.9. The van der Waals surface area contributed by atoms with Crippen LogP contribution in [0, 0.1) is 5.41 Å². The normalized spacial score (nSPS) is 15.7. The van der Waals surface area contributed by atoms with Crippen molar-refractivity contribution in [3.8, 4) is 0 Å². The quantitative estimate of drug-likeness (QED) is 0.164. The summed E-state index contributed by atoms with van der Waals surface area (Å²) in [7, 11) is 0. The minimum Gasteiger partial charge on any atom is -0.481 e. The number of thioether (sulfide) groups is 1. The van der Waals surface area contributed by atoms with Gasteiger partial charge in [0.2, 0.25) is 0 Å². The maximum atomic E-state index is 11.5. The summed E-state index contributed by atoms with van der Waals surface area (Å²) >= 11 is 8.06. The zero-order valence-electron chi connectivity index (χ0n) is 23.3. The van der Waals surface area contributed by atoms with Crippen molar-refractivity contribution in [2.45, 2.75) is 56.8 Å². The fourth-order valence-corrected chi connectivity index (χ4v) is 7.08. The third-order valence-corrected chi connectivity index (χ3v) is 9.71. The molecule has 0 amide bonds. The fraction of sp³-hybridized carbons (Fsp3) is 0.314. The molecular formula is C35H36ClNO3S. The first-order valence-corrected chi connectivity index (χ1v) is 15.6. The number of hydrogen-bond donors (Lipinski definition) is 2. The second-order valence-electron chi connectivity index (χ2n) is 11.3. The van der Waals surface area contributed by atoms with Crippen LogP contribution in [0.1, 0.15) is 65.8 Å². The van der Waals surface area contributed by atoms with Crippen molar-refractivity contribution in [2.24, 2.45) is 5.41 Å². The molecule has 3 aromatic carbocycles. The van der Waals surface area contributed by atoms with Gasteiger partial charge in [-0.15, -0.1) is 0 Å². The van der Waals surface area contributed by atoms with Crippen LogP contribution in [-0.4, -0.2) is 33.0 Å². The number of carboxylic acid groups (broad SMARTS) is 1. The monoisotopic (exact) mass is 585 g/mol. The van der Waals surface area contributed by atoms with E-state index in [1.54, 1.807) is 0 Å². The SMILES string of the molecule is CC(O)Cc1ccccc1CCC(SCC1(CC(=O)O)CC1)c1cccc(C=Cc2ccc3ccc(Cl)cc3n2)c1. The molecule has 1 saturated carbocycles. The molecule has 1 aliphatic rings. The summed E-state index contributed by atoms with van der Waals surface area (Å²) in [6.07, 6.45) is 8.44. The molecular weight excluding hydrogens is 550 g/mol. The summed E-state index contributed by atoms with van der Waals surface area (Å²) in [6.45, 7) is 1.83. The topological polar surface area (TPSA) is 70.4 Å². The van der Waals surface area contributed by atoms with E-state index in [0.717, 1.165) is 53.6 Å². The molecule has 1 aromatic heterocycles. The number of halogens is 1. The van der Waals surface area contributed by atoms with Crippen LogP contribution in [0.2, 0.25) is 5.02 Å². The van der Waals surface area contributed by atoms with Gasteiger partial charge in [-0.05, 0) is 91.0 Å². The van der Waals surface area contributed by atoms with Gasteiger partial charge in [0.15, 0.2) is 0 Å². The Labute approximate surface area is 251 Å². The molecule has 1 aliphatic carbocycles. The van der Waals surface area contributed by atoms with Gasteiger partial charge in [0, 0.05) is 21.4 Å². The Kier molecular flexibility index (Phi) is 9.49. The Bertz CT molecular complexity index is 1550. The Hall–Kier alpha value is -3.12. The van der Waals surface area contributed by atoms with Crippen molar-refractivity contribution in [2.75, 3.05) is 5.75 Å². The van der Waals surface area contributed by atoms with Crippen LogP contribution in [0.4, 0.5) is 0 Å². The number of aromatic nitrogens is 1. The molecule has 5 rings (SSSR count). The van der Waals surface area contributed by atoms with E-state index in [0.29, 0.717) is 11.4 Å². The third-order valence-electron chi connectivity index (χ3n) is 7.79. The summed E-state index contributed by atoms with van der Waals surface area (Å²) in [5.41, 5.74) is 6.48. The average Bonchev–Trinajstić information content (AvgIpc) is 3.71. The lowest BCUT2D eigenvalue weighted by Gasteiger charge is -2.22. The van der Waals surface area contributed by atoms with E-state index in [-0.39, 0.29) is 23.2 Å². The van der Waals surface area contributed by atoms with Crippen LogP contribution in [0.5, 0.6) is 0 Å². The van der Waals surface area contributed by atoms with Gasteiger partial charge in [-0.25, -0.2) is 4.98 Å². The number of aryl methyl sites for hydroxylation is 1. The lowest BCUT2D eigenvalue weighted by Crippen LogP contribution is -2.13. The molecule has 212 valence electrons. The van der Waals surface area contributed by atoms with E-state index < -0.39 is 5.97 Å². The number of nitrogens with zero attached hydrogens (tertiary/aromatic N) is 1. The second kappa shape index (κ2) is 13.2. The molecule has 41 heavy (non-hydrogen) atoms. The van der Waals surface area contributed by atoms with Gasteiger partial charge in [-0.1, -0.05) is 78.3 Å². The number of benzene rings is 3. The van der Waals surface area contributed by atoms with Crippen molar-refractivity contribution in [3.63, 3.8) is 0 Å². The van der Waals surface area contributed by atoms with Crippen LogP contribution in [0.25, 0.3) is 23.1 Å². The molecule has 0 aliphatic heterocycles. The minimum absolute atomic E-state index is 0.0683. The Morgan fingerprint density at radius 2 is 1.80 bits per heavy atom. The first-order chi connectivity index (χ1) is 19.8. The number of aliphatic hydroxyl groups excluding tert-OH is 1. The van der Waals surface area contributed by atoms with E-state index in [4.69, 9.17) is 16.6 Å². The van der Waals surface area contributed by atoms with Crippen molar-refractivity contribution in [3.05, 3.63) is 112 Å². The predicted octanol–water partition coefficient (Wildman–Crippen LogP) is 8.64. The smallest absolute Gasteiger partial charge is 0.303 e. The van der Waals surface area contributed by atoms with E-state index in [9.17, 15) is 15.0 Å². The van der Waals surface area contributed by atoms with E-state index in [2.05, 4.69) is 54.6 Å². The molecule has 0 bridgehead atoms. The van der Waals surface area contributed by atoms with Crippen LogP contribution in [-0.2, 0) is 17.6 Å². The standard InChI is InChI=1S/C35H36ClNO3S/c1-24(38)19-28-7-3-2-6-26(28)12-16-33(41-23-35(17-18-35)22-34(39)40)29-8-4-5-25(20-29)9-14-31-15-11-27-10-13-30(36)21-32(27)37-31/h2-11,13-15,20-21,24,33,38H,12,16-19,22-23H2,1H3,(H,39,40). The Morgan fingerprint density at radius 3 is 2.56 bits per heavy atom. The van der Waals surface area contributed by atoms with Crippen molar-refractivity contribution in [1.29, 1.82) is 0 Å². The van der Waals surface area contributed by atoms with Crippen molar-refractivity contribution >= 4 is 52.4 Å². The van der Waals surface area contributed by atoms with Gasteiger partial charge in [-0.2, -0.15) is 11.8 Å². The highest BCUT2D eigenvalue weighted by Crippen LogP contribution is 2.53. The van der Waals surface area contributed by atoms with Crippen LogP contribution >= 0.6 is 23.4 Å². The first kappa shape index (κ1) is 29.4. The summed E-state index contributed by atoms with van der Waals surface area (Å²) in [4.78, 5) is 16.2. The zero-order valence-corrected chi connectivity index (χ0v) is 24.9. The zero-order chi connectivity index (χ0) is 28.8. The number of aliphatic carboxylic acids is 1. The number of aliphatic hydroxyl groups is 1. The number of carbonyl (C=O) groups is 1. The summed E-state index contributed by atoms with van der Waals surface area (Å²) in [5, 5.41) is 21.4. The molecule has 2 atom stereocenters. The number of pyridine rings is 1. The Morgan fingerprint density at radius 1 is 1.02 bits per heavy atom. The third kappa shape index (κ3) is 8.22. The molecule has 1 heterocycles.